The first-order valence-corrected chi connectivity index (χ1v) is 7.36. The Labute approximate surface area is 131 Å². The van der Waals surface area contributed by atoms with Crippen LogP contribution in [0.15, 0.2) is 47.3 Å². The molecule has 0 unspecified atom stereocenters. The van der Waals surface area contributed by atoms with Gasteiger partial charge in [-0.15, -0.1) is 0 Å². The number of halogens is 1. The maximum Gasteiger partial charge on any atom is 0.257 e. The van der Waals surface area contributed by atoms with Gasteiger partial charge in [-0.05, 0) is 30.3 Å². The molecular weight excluding hydrogens is 297 g/mol. The fourth-order valence-electron chi connectivity index (χ4n) is 2.88. The van der Waals surface area contributed by atoms with Crippen molar-refractivity contribution in [1.82, 2.24) is 15.1 Å². The van der Waals surface area contributed by atoms with E-state index in [1.54, 1.807) is 23.1 Å². The Kier molecular flexibility index (Phi) is 3.22. The highest BCUT2D eigenvalue weighted by Gasteiger charge is 2.26. The van der Waals surface area contributed by atoms with Gasteiger partial charge in [-0.1, -0.05) is 0 Å². The van der Waals surface area contributed by atoms with Gasteiger partial charge in [0.05, 0.1) is 17.5 Å². The molecule has 116 valence electrons. The number of amides is 1. The van der Waals surface area contributed by atoms with E-state index in [-0.39, 0.29) is 11.7 Å². The van der Waals surface area contributed by atoms with E-state index in [2.05, 4.69) is 10.2 Å². The summed E-state index contributed by atoms with van der Waals surface area (Å²) in [6, 6.07) is 7.88. The van der Waals surface area contributed by atoms with Crippen LogP contribution in [0, 0.1) is 5.82 Å². The van der Waals surface area contributed by atoms with Gasteiger partial charge in [0.15, 0.2) is 0 Å². The number of nitrogens with zero attached hydrogens (tertiary/aromatic N) is 2. The highest BCUT2D eigenvalue weighted by Crippen LogP contribution is 2.29. The summed E-state index contributed by atoms with van der Waals surface area (Å²) in [5.41, 5.74) is 4.16. The molecule has 4 rings (SSSR count). The first kappa shape index (κ1) is 13.8. The molecule has 0 radical (unpaired) electrons. The zero-order valence-electron chi connectivity index (χ0n) is 12.3. The quantitative estimate of drug-likeness (QED) is 0.791. The van der Waals surface area contributed by atoms with Gasteiger partial charge in [-0.3, -0.25) is 9.89 Å². The van der Waals surface area contributed by atoms with E-state index in [1.165, 1.54) is 24.7 Å². The molecule has 0 fully saturated rings. The van der Waals surface area contributed by atoms with Crippen molar-refractivity contribution in [3.05, 3.63) is 65.5 Å². The fraction of sp³-hybridized carbons (Fsp3) is 0.176. The zero-order valence-corrected chi connectivity index (χ0v) is 12.3. The predicted octanol–water partition coefficient (Wildman–Crippen LogP) is 3.01. The molecule has 0 aliphatic carbocycles. The van der Waals surface area contributed by atoms with Crippen molar-refractivity contribution in [2.75, 3.05) is 6.54 Å². The second-order valence-corrected chi connectivity index (χ2v) is 5.52. The number of H-pyrrole nitrogens is 1. The number of benzene rings is 1. The third-order valence-electron chi connectivity index (χ3n) is 4.11. The summed E-state index contributed by atoms with van der Waals surface area (Å²) >= 11 is 0. The Morgan fingerprint density at radius 3 is 2.83 bits per heavy atom. The molecule has 5 nitrogen and oxygen atoms in total. The summed E-state index contributed by atoms with van der Waals surface area (Å²) < 4.78 is 18.1. The Bertz CT molecular complexity index is 837. The molecular formula is C17H14FN3O2. The maximum atomic E-state index is 13.1. The highest BCUT2D eigenvalue weighted by molar-refractivity contribution is 5.94. The normalized spacial score (nSPS) is 13.9. The molecule has 0 atom stereocenters. The molecule has 3 aromatic rings. The van der Waals surface area contributed by atoms with E-state index < -0.39 is 0 Å². The zero-order chi connectivity index (χ0) is 15.8. The van der Waals surface area contributed by atoms with Crippen molar-refractivity contribution in [2.24, 2.45) is 0 Å². The SMILES string of the molecule is O=C(c1ccoc1)N1CCc2[nH]nc(-c3ccc(F)cc3)c2C1. The lowest BCUT2D eigenvalue weighted by molar-refractivity contribution is 0.0734. The average molecular weight is 311 g/mol. The molecule has 1 amide bonds. The summed E-state index contributed by atoms with van der Waals surface area (Å²) in [4.78, 5) is 14.2. The second-order valence-electron chi connectivity index (χ2n) is 5.52. The molecule has 0 spiro atoms. The van der Waals surface area contributed by atoms with Crippen molar-refractivity contribution in [3.63, 3.8) is 0 Å². The van der Waals surface area contributed by atoms with Gasteiger partial charge in [-0.25, -0.2) is 4.39 Å². The number of fused-ring (bicyclic) bond motifs is 1. The Morgan fingerprint density at radius 2 is 2.09 bits per heavy atom. The van der Waals surface area contributed by atoms with Crippen LogP contribution in [0.25, 0.3) is 11.3 Å². The van der Waals surface area contributed by atoms with Crippen LogP contribution in [0.4, 0.5) is 4.39 Å². The van der Waals surface area contributed by atoms with Crippen LogP contribution >= 0.6 is 0 Å². The number of nitrogens with one attached hydrogen (secondary N) is 1. The van der Waals surface area contributed by atoms with Crippen molar-refractivity contribution >= 4 is 5.91 Å². The number of furan rings is 1. The van der Waals surface area contributed by atoms with Crippen LogP contribution < -0.4 is 0 Å². The van der Waals surface area contributed by atoms with Crippen LogP contribution in [0.3, 0.4) is 0 Å². The Balaban J connectivity index is 1.65. The number of rotatable bonds is 2. The molecule has 1 N–H and O–H groups in total. The molecule has 1 aromatic carbocycles. The Morgan fingerprint density at radius 1 is 1.26 bits per heavy atom. The lowest BCUT2D eigenvalue weighted by atomic mass is 10.0. The first-order chi connectivity index (χ1) is 11.2. The smallest absolute Gasteiger partial charge is 0.257 e. The topological polar surface area (TPSA) is 62.1 Å². The van der Waals surface area contributed by atoms with Crippen LogP contribution in [0.5, 0.6) is 0 Å². The standard InChI is InChI=1S/C17H14FN3O2/c18-13-3-1-11(2-4-13)16-14-9-21(7-5-15(14)19-20-16)17(22)12-6-8-23-10-12/h1-4,6,8,10H,5,7,9H2,(H,19,20). The van der Waals surface area contributed by atoms with E-state index in [0.29, 0.717) is 25.1 Å². The van der Waals surface area contributed by atoms with Gasteiger partial charge in [-0.2, -0.15) is 5.10 Å². The van der Waals surface area contributed by atoms with Crippen molar-refractivity contribution in [2.45, 2.75) is 13.0 Å². The van der Waals surface area contributed by atoms with E-state index in [0.717, 1.165) is 22.5 Å². The van der Waals surface area contributed by atoms with Crippen molar-refractivity contribution < 1.29 is 13.6 Å². The lowest BCUT2D eigenvalue weighted by Crippen LogP contribution is -2.35. The maximum absolute atomic E-state index is 13.1. The number of carbonyl (C=O) groups is 1. The van der Waals surface area contributed by atoms with Gasteiger partial charge < -0.3 is 9.32 Å². The average Bonchev–Trinajstić information content (AvgIpc) is 3.24. The van der Waals surface area contributed by atoms with E-state index in [9.17, 15) is 9.18 Å². The molecule has 23 heavy (non-hydrogen) atoms. The third-order valence-corrected chi connectivity index (χ3v) is 4.11. The number of hydrogen-bond donors (Lipinski definition) is 1. The van der Waals surface area contributed by atoms with E-state index in [1.807, 2.05) is 0 Å². The molecule has 0 saturated heterocycles. The largest absolute Gasteiger partial charge is 0.472 e. The minimum atomic E-state index is -0.282. The fourth-order valence-corrected chi connectivity index (χ4v) is 2.88. The van der Waals surface area contributed by atoms with E-state index in [4.69, 9.17) is 4.42 Å². The number of aromatic amines is 1. The van der Waals surface area contributed by atoms with Crippen LogP contribution in [0.2, 0.25) is 0 Å². The number of hydrogen-bond acceptors (Lipinski definition) is 3. The molecule has 2 aromatic heterocycles. The first-order valence-electron chi connectivity index (χ1n) is 7.36. The van der Waals surface area contributed by atoms with Crippen LogP contribution in [-0.2, 0) is 13.0 Å². The van der Waals surface area contributed by atoms with E-state index >= 15 is 0 Å². The highest BCUT2D eigenvalue weighted by atomic mass is 19.1. The molecule has 0 saturated carbocycles. The summed E-state index contributed by atoms with van der Waals surface area (Å²) in [5.74, 6) is -0.342. The van der Waals surface area contributed by atoms with Crippen LogP contribution in [0.1, 0.15) is 21.6 Å². The van der Waals surface area contributed by atoms with Gasteiger partial charge in [0, 0.05) is 36.3 Å². The van der Waals surface area contributed by atoms with Gasteiger partial charge in [0.25, 0.3) is 5.91 Å². The third kappa shape index (κ3) is 2.42. The molecule has 6 heteroatoms. The second kappa shape index (κ2) is 5.39. The minimum absolute atomic E-state index is 0.0596. The molecule has 1 aliphatic heterocycles. The van der Waals surface area contributed by atoms with Gasteiger partial charge in [0.1, 0.15) is 12.1 Å². The minimum Gasteiger partial charge on any atom is -0.472 e. The summed E-state index contributed by atoms with van der Waals surface area (Å²) in [7, 11) is 0. The molecule has 3 heterocycles. The Hall–Kier alpha value is -2.89. The van der Waals surface area contributed by atoms with Gasteiger partial charge in [0.2, 0.25) is 0 Å². The molecule has 1 aliphatic rings. The monoisotopic (exact) mass is 311 g/mol. The van der Waals surface area contributed by atoms with Gasteiger partial charge >= 0.3 is 0 Å². The number of aromatic nitrogens is 2. The summed E-state index contributed by atoms with van der Waals surface area (Å²) in [5, 5.41) is 7.38. The summed E-state index contributed by atoms with van der Waals surface area (Å²) in [6.07, 6.45) is 3.66. The lowest BCUT2D eigenvalue weighted by Gasteiger charge is -2.26. The molecule has 0 bridgehead atoms. The van der Waals surface area contributed by atoms with Crippen molar-refractivity contribution in [1.29, 1.82) is 0 Å². The summed E-state index contributed by atoms with van der Waals surface area (Å²) in [6.45, 7) is 1.10. The van der Waals surface area contributed by atoms with Crippen LogP contribution in [-0.4, -0.2) is 27.5 Å². The van der Waals surface area contributed by atoms with Crippen molar-refractivity contribution in [3.8, 4) is 11.3 Å². The predicted molar refractivity (Wildman–Crippen MR) is 81.1 cm³/mol. The number of carbonyl (C=O) groups excluding carboxylic acids is 1.